The summed E-state index contributed by atoms with van der Waals surface area (Å²) >= 11 is 0. The third kappa shape index (κ3) is 7.07. The van der Waals surface area contributed by atoms with Crippen LogP contribution in [0.25, 0.3) is 44.6 Å². The summed E-state index contributed by atoms with van der Waals surface area (Å²) in [5.41, 5.74) is 7.72. The number of imidazole rings is 1. The van der Waals surface area contributed by atoms with Gasteiger partial charge in [0.2, 0.25) is 0 Å². The number of hydrogen-bond acceptors (Lipinski definition) is 5. The van der Waals surface area contributed by atoms with E-state index in [0.29, 0.717) is 11.0 Å². The minimum absolute atomic E-state index is 0.0213. The zero-order chi connectivity index (χ0) is 33.1. The Hall–Kier alpha value is -5.36. The van der Waals surface area contributed by atoms with Crippen molar-refractivity contribution in [3.05, 3.63) is 119 Å². The maximum atomic E-state index is 13.9. The van der Waals surface area contributed by atoms with Gasteiger partial charge in [-0.15, -0.1) is 0 Å². The first kappa shape index (κ1) is 31.6. The van der Waals surface area contributed by atoms with E-state index in [9.17, 15) is 22.4 Å². The first-order chi connectivity index (χ1) is 22.6. The molecule has 3 heterocycles. The number of piperidine rings is 1. The molecule has 1 aliphatic rings. The predicted molar refractivity (Wildman–Crippen MR) is 170 cm³/mol. The average Bonchev–Trinajstić information content (AvgIpc) is 3.41. The van der Waals surface area contributed by atoms with E-state index in [4.69, 9.17) is 19.9 Å². The van der Waals surface area contributed by atoms with Crippen LogP contribution in [-0.2, 0) is 11.3 Å². The highest BCUT2D eigenvalue weighted by molar-refractivity contribution is 5.86. The highest BCUT2D eigenvalue weighted by atomic mass is 19.4. The van der Waals surface area contributed by atoms with Crippen molar-refractivity contribution >= 4 is 28.0 Å². The molecule has 1 fully saturated rings. The second-order valence-corrected chi connectivity index (χ2v) is 11.2. The summed E-state index contributed by atoms with van der Waals surface area (Å²) in [6, 6.07) is 31.0. The largest absolute Gasteiger partial charge is 0.490 e. The molecule has 0 spiro atoms. The van der Waals surface area contributed by atoms with Gasteiger partial charge < -0.3 is 10.1 Å². The van der Waals surface area contributed by atoms with E-state index in [0.717, 1.165) is 66.0 Å². The number of nitrogens with one attached hydrogen (secondary N) is 1. The quantitative estimate of drug-likeness (QED) is 0.192. The van der Waals surface area contributed by atoms with Crippen LogP contribution in [0.2, 0.25) is 0 Å². The third-order valence-corrected chi connectivity index (χ3v) is 8.10. The molecule has 0 amide bonds. The first-order valence-corrected chi connectivity index (χ1v) is 14.9. The van der Waals surface area contributed by atoms with Crippen LogP contribution in [0, 0.1) is 5.82 Å². The van der Waals surface area contributed by atoms with Gasteiger partial charge in [0.05, 0.1) is 33.5 Å². The van der Waals surface area contributed by atoms with Gasteiger partial charge >= 0.3 is 17.8 Å². The number of halogens is 4. The molecule has 47 heavy (non-hydrogen) atoms. The zero-order valence-corrected chi connectivity index (χ0v) is 24.9. The number of benzene rings is 4. The number of alkyl halides is 3. The number of H-pyrrole nitrogens is 1. The fourth-order valence-corrected chi connectivity index (χ4v) is 5.82. The Kier molecular flexibility index (Phi) is 8.86. The Morgan fingerprint density at radius 1 is 0.830 bits per heavy atom. The Morgan fingerprint density at radius 3 is 2.09 bits per heavy atom. The number of aromatic nitrogens is 4. The molecule has 0 saturated carbocycles. The van der Waals surface area contributed by atoms with Crippen molar-refractivity contribution in [3.8, 4) is 22.5 Å². The van der Waals surface area contributed by atoms with Crippen LogP contribution in [0.5, 0.6) is 0 Å². The number of carbonyl (C=O) groups is 1. The minimum Gasteiger partial charge on any atom is -0.475 e. The highest BCUT2D eigenvalue weighted by Crippen LogP contribution is 2.32. The van der Waals surface area contributed by atoms with Crippen molar-refractivity contribution in [1.29, 1.82) is 0 Å². The van der Waals surface area contributed by atoms with Gasteiger partial charge in [-0.25, -0.2) is 23.9 Å². The summed E-state index contributed by atoms with van der Waals surface area (Å²) in [6.45, 7) is 2.72. The zero-order valence-electron chi connectivity index (χ0n) is 24.9. The topological polar surface area (TPSA) is 104 Å². The average molecular weight is 644 g/mol. The molecule has 12 heteroatoms. The molecule has 0 radical (unpaired) electrons. The Balaban J connectivity index is 0.000000499. The van der Waals surface area contributed by atoms with E-state index in [1.807, 2.05) is 59.2 Å². The predicted octanol–water partition coefficient (Wildman–Crippen LogP) is 7.22. The van der Waals surface area contributed by atoms with E-state index in [1.165, 1.54) is 17.7 Å². The summed E-state index contributed by atoms with van der Waals surface area (Å²) < 4.78 is 47.6. The molecule has 0 bridgehead atoms. The number of para-hydroxylation sites is 2. The second-order valence-electron chi connectivity index (χ2n) is 11.2. The van der Waals surface area contributed by atoms with Crippen LogP contribution < -0.4 is 5.69 Å². The van der Waals surface area contributed by atoms with Crippen LogP contribution in [0.4, 0.5) is 17.6 Å². The number of aliphatic carboxylic acids is 1. The van der Waals surface area contributed by atoms with E-state index in [1.54, 1.807) is 6.07 Å². The monoisotopic (exact) mass is 643 g/mol. The van der Waals surface area contributed by atoms with Crippen LogP contribution in [-0.4, -0.2) is 54.8 Å². The maximum absolute atomic E-state index is 13.9. The summed E-state index contributed by atoms with van der Waals surface area (Å²) in [5.74, 6) is -3.08. The van der Waals surface area contributed by atoms with Gasteiger partial charge in [0.1, 0.15) is 5.82 Å². The molecule has 1 aliphatic heterocycles. The summed E-state index contributed by atoms with van der Waals surface area (Å²) in [6.07, 6.45) is -3.21. The number of carboxylic acid groups (broad SMARTS) is 1. The van der Waals surface area contributed by atoms with Crippen molar-refractivity contribution in [3.63, 3.8) is 0 Å². The summed E-state index contributed by atoms with van der Waals surface area (Å²) in [4.78, 5) is 36.7. The fourth-order valence-electron chi connectivity index (χ4n) is 5.82. The number of rotatable bonds is 5. The molecule has 1 saturated heterocycles. The molecule has 4 aromatic carbocycles. The van der Waals surface area contributed by atoms with Gasteiger partial charge in [-0.3, -0.25) is 9.47 Å². The molecular weight excluding hydrogens is 614 g/mol. The van der Waals surface area contributed by atoms with E-state index in [-0.39, 0.29) is 17.5 Å². The molecule has 2 N–H and O–H groups in total. The molecule has 2 aromatic heterocycles. The summed E-state index contributed by atoms with van der Waals surface area (Å²) in [5, 5.41) is 7.12. The van der Waals surface area contributed by atoms with E-state index in [2.05, 4.69) is 34.1 Å². The van der Waals surface area contributed by atoms with Crippen molar-refractivity contribution in [2.45, 2.75) is 31.6 Å². The lowest BCUT2D eigenvalue weighted by atomic mass is 10.0. The third-order valence-electron chi connectivity index (χ3n) is 8.10. The highest BCUT2D eigenvalue weighted by Gasteiger charge is 2.38. The van der Waals surface area contributed by atoms with Crippen LogP contribution in [0.15, 0.2) is 102 Å². The summed E-state index contributed by atoms with van der Waals surface area (Å²) in [7, 11) is 0. The molecule has 0 unspecified atom stereocenters. The maximum Gasteiger partial charge on any atom is 0.490 e. The van der Waals surface area contributed by atoms with Gasteiger partial charge in [-0.05, 0) is 42.7 Å². The molecular formula is C35H29F4N5O3. The number of carboxylic acids is 1. The van der Waals surface area contributed by atoms with Crippen molar-refractivity contribution < 1.29 is 27.5 Å². The van der Waals surface area contributed by atoms with Gasteiger partial charge in [-0.2, -0.15) is 13.2 Å². The van der Waals surface area contributed by atoms with E-state index < -0.39 is 12.1 Å². The Labute approximate surface area is 266 Å². The second kappa shape index (κ2) is 13.2. The van der Waals surface area contributed by atoms with Crippen LogP contribution >= 0.6 is 0 Å². The number of hydrogen-bond donors (Lipinski definition) is 2. The van der Waals surface area contributed by atoms with Crippen molar-refractivity contribution in [1.82, 2.24) is 24.4 Å². The van der Waals surface area contributed by atoms with Gasteiger partial charge in [-0.1, -0.05) is 66.7 Å². The number of aromatic amines is 1. The Morgan fingerprint density at radius 2 is 1.43 bits per heavy atom. The number of fused-ring (bicyclic) bond motifs is 2. The van der Waals surface area contributed by atoms with Gasteiger partial charge in [0.15, 0.2) is 0 Å². The van der Waals surface area contributed by atoms with Crippen LogP contribution in [0.1, 0.15) is 24.4 Å². The first-order valence-electron chi connectivity index (χ1n) is 14.9. The molecule has 240 valence electrons. The molecule has 0 aliphatic carbocycles. The molecule has 6 aromatic rings. The van der Waals surface area contributed by atoms with Crippen LogP contribution in [0.3, 0.4) is 0 Å². The van der Waals surface area contributed by atoms with E-state index >= 15 is 0 Å². The van der Waals surface area contributed by atoms with Gasteiger partial charge in [0.25, 0.3) is 0 Å². The number of nitrogens with zero attached hydrogens (tertiary/aromatic N) is 4. The van der Waals surface area contributed by atoms with Crippen molar-refractivity contribution in [2.24, 2.45) is 0 Å². The lowest BCUT2D eigenvalue weighted by Crippen LogP contribution is -2.36. The Bertz CT molecular complexity index is 2090. The normalized spacial score (nSPS) is 14.2. The molecule has 7 rings (SSSR count). The number of likely N-dealkylation sites (tertiary alicyclic amines) is 1. The van der Waals surface area contributed by atoms with Crippen molar-refractivity contribution in [2.75, 3.05) is 13.1 Å². The van der Waals surface area contributed by atoms with Gasteiger partial charge in [0, 0.05) is 42.9 Å². The smallest absolute Gasteiger partial charge is 0.475 e. The molecule has 8 nitrogen and oxygen atoms in total. The SMILES string of the molecule is O=C(O)C(F)(F)F.O=c1[nH]c2ccccc2n1C1CCN(Cc2ccc(-c3nc4ccc(F)cc4nc3-c3ccccc3)cc2)CC1. The lowest BCUT2D eigenvalue weighted by Gasteiger charge is -2.32. The molecule has 0 atom stereocenters. The fraction of sp³-hybridized carbons (Fsp3) is 0.200. The minimum atomic E-state index is -5.08. The lowest BCUT2D eigenvalue weighted by molar-refractivity contribution is -0.192. The standard InChI is InChI=1S/C33H28FN5O.C2HF3O2/c34-25-14-15-27-29(20-25)36-31(23-6-2-1-3-7-23)32(35-27)24-12-10-22(11-13-24)21-38-18-16-26(17-19-38)39-30-9-5-4-8-28(30)37-33(39)40;3-2(4,5)1(6)7/h1-15,20,26H,16-19,21H2,(H,37,40);(H,6,7).